The molecule has 1 saturated carbocycles. The number of hydrogen-bond donors (Lipinski definition) is 0. The Balaban J connectivity index is 1.61. The van der Waals surface area contributed by atoms with E-state index in [0.29, 0.717) is 6.04 Å². The Hall–Kier alpha value is -2.74. The van der Waals surface area contributed by atoms with Gasteiger partial charge in [0.05, 0.1) is 11.6 Å². The second-order valence-electron chi connectivity index (χ2n) is 8.96. The molecule has 0 radical (unpaired) electrons. The van der Waals surface area contributed by atoms with Crippen molar-refractivity contribution in [1.82, 2.24) is 0 Å². The summed E-state index contributed by atoms with van der Waals surface area (Å²) in [5, 5.41) is 2.45. The van der Waals surface area contributed by atoms with E-state index in [2.05, 4.69) is 79.4 Å². The van der Waals surface area contributed by atoms with Crippen LogP contribution in [0.5, 0.6) is 0 Å². The van der Waals surface area contributed by atoms with E-state index in [9.17, 15) is 0 Å². The van der Waals surface area contributed by atoms with E-state index in [1.54, 1.807) is 5.56 Å². The minimum Gasteiger partial charge on any atom is -0.456 e. The first kappa shape index (κ1) is 17.1. The molecule has 0 bridgehead atoms. The summed E-state index contributed by atoms with van der Waals surface area (Å²) in [4.78, 5) is 2.76. The molecule has 0 N–H and O–H groups in total. The van der Waals surface area contributed by atoms with Crippen LogP contribution in [0.4, 0.5) is 5.69 Å². The van der Waals surface area contributed by atoms with Crippen molar-refractivity contribution in [2.24, 2.45) is 0 Å². The smallest absolute Gasteiger partial charge is 0.135 e. The molecule has 1 atom stereocenters. The number of benzene rings is 3. The third-order valence-corrected chi connectivity index (χ3v) is 7.40. The maximum absolute atomic E-state index is 6.16. The van der Waals surface area contributed by atoms with Crippen LogP contribution in [0, 0.1) is 6.92 Å². The molecule has 2 heteroatoms. The average molecular weight is 382 g/mol. The van der Waals surface area contributed by atoms with Gasteiger partial charge in [0.25, 0.3) is 0 Å². The largest absolute Gasteiger partial charge is 0.456 e. The van der Waals surface area contributed by atoms with Crippen molar-refractivity contribution >= 4 is 27.6 Å². The normalized spacial score (nSPS) is 20.6. The summed E-state index contributed by atoms with van der Waals surface area (Å²) < 4.78 is 6.16. The Kier molecular flexibility index (Phi) is 3.62. The van der Waals surface area contributed by atoms with Gasteiger partial charge in [0.2, 0.25) is 0 Å². The number of nitrogens with zero attached hydrogens (tertiary/aromatic N) is 1. The maximum Gasteiger partial charge on any atom is 0.135 e. The van der Waals surface area contributed by atoms with Crippen LogP contribution in [0.3, 0.4) is 0 Å². The molecule has 1 aliphatic heterocycles. The number of furan rings is 1. The molecule has 6 rings (SSSR count). The highest BCUT2D eigenvalue weighted by Gasteiger charge is 2.49. The van der Waals surface area contributed by atoms with Crippen LogP contribution >= 0.6 is 0 Å². The van der Waals surface area contributed by atoms with Crippen LogP contribution in [-0.4, -0.2) is 0 Å². The number of rotatable bonds is 1. The topological polar surface area (TPSA) is 16.4 Å². The zero-order chi connectivity index (χ0) is 19.6. The van der Waals surface area contributed by atoms with E-state index in [-0.39, 0.29) is 5.54 Å². The highest BCUT2D eigenvalue weighted by molar-refractivity contribution is 6.06. The third kappa shape index (κ3) is 2.29. The van der Waals surface area contributed by atoms with Gasteiger partial charge < -0.3 is 9.32 Å². The lowest BCUT2D eigenvalue weighted by molar-refractivity contribution is 0.284. The molecular formula is C27H27NO. The molecule has 1 aliphatic carbocycles. The zero-order valence-corrected chi connectivity index (χ0v) is 17.2. The van der Waals surface area contributed by atoms with E-state index in [0.717, 1.165) is 11.2 Å². The summed E-state index contributed by atoms with van der Waals surface area (Å²) in [6.07, 6.45) is 6.48. The van der Waals surface area contributed by atoms with Crippen molar-refractivity contribution in [3.63, 3.8) is 0 Å². The van der Waals surface area contributed by atoms with Crippen LogP contribution in [-0.2, 0) is 5.54 Å². The number of hydrogen-bond acceptors (Lipinski definition) is 2. The fourth-order valence-electron chi connectivity index (χ4n) is 6.13. The van der Waals surface area contributed by atoms with Crippen molar-refractivity contribution in [2.45, 2.75) is 57.5 Å². The summed E-state index contributed by atoms with van der Waals surface area (Å²) in [5.74, 6) is 0. The summed E-state index contributed by atoms with van der Waals surface area (Å²) in [6, 6.07) is 22.6. The predicted octanol–water partition coefficient (Wildman–Crippen LogP) is 7.64. The highest BCUT2D eigenvalue weighted by Crippen LogP contribution is 2.56. The van der Waals surface area contributed by atoms with E-state index in [4.69, 9.17) is 4.42 Å². The first-order chi connectivity index (χ1) is 14.2. The van der Waals surface area contributed by atoms with Crippen molar-refractivity contribution < 1.29 is 4.42 Å². The SMILES string of the molecule is Cc1cc2oc3ccccc3c2cc1N1C(C)c2ccccc2C12CCCCC2. The van der Waals surface area contributed by atoms with Crippen molar-refractivity contribution in [3.05, 3.63) is 77.4 Å². The highest BCUT2D eigenvalue weighted by atomic mass is 16.3. The molecule has 1 fully saturated rings. The Labute approximate surface area is 172 Å². The Morgan fingerprint density at radius 3 is 2.48 bits per heavy atom. The monoisotopic (exact) mass is 381 g/mol. The average Bonchev–Trinajstić information content (AvgIpc) is 3.22. The quantitative estimate of drug-likeness (QED) is 0.337. The summed E-state index contributed by atoms with van der Waals surface area (Å²) in [5.41, 5.74) is 7.84. The zero-order valence-electron chi connectivity index (χ0n) is 17.2. The van der Waals surface area contributed by atoms with Gasteiger partial charge in [0, 0.05) is 16.5 Å². The standard InChI is InChI=1S/C27H27NO/c1-18-16-26-22(21-11-5-7-13-25(21)29-26)17-24(18)28-19(2)20-10-4-6-12-23(20)27(28)14-8-3-9-15-27/h4-7,10-13,16-17,19H,3,8-9,14-15H2,1-2H3. The molecule has 1 aromatic heterocycles. The Morgan fingerprint density at radius 1 is 0.862 bits per heavy atom. The Morgan fingerprint density at radius 2 is 1.62 bits per heavy atom. The third-order valence-electron chi connectivity index (χ3n) is 7.40. The molecule has 2 aliphatic rings. The van der Waals surface area contributed by atoms with Crippen LogP contribution in [0.2, 0.25) is 0 Å². The molecule has 0 amide bonds. The van der Waals surface area contributed by atoms with E-state index < -0.39 is 0 Å². The number of anilines is 1. The van der Waals surface area contributed by atoms with Crippen LogP contribution in [0.25, 0.3) is 21.9 Å². The first-order valence-electron chi connectivity index (χ1n) is 11.0. The van der Waals surface area contributed by atoms with Gasteiger partial charge in [-0.25, -0.2) is 0 Å². The molecule has 3 aromatic carbocycles. The van der Waals surface area contributed by atoms with Crippen molar-refractivity contribution in [2.75, 3.05) is 4.90 Å². The second-order valence-corrected chi connectivity index (χ2v) is 8.96. The Bertz CT molecular complexity index is 1230. The summed E-state index contributed by atoms with van der Waals surface area (Å²) >= 11 is 0. The van der Waals surface area contributed by atoms with Crippen LogP contribution in [0.1, 0.15) is 61.8 Å². The molecule has 29 heavy (non-hydrogen) atoms. The number of para-hydroxylation sites is 1. The number of aryl methyl sites for hydroxylation is 1. The minimum atomic E-state index is 0.131. The predicted molar refractivity (Wildman–Crippen MR) is 121 cm³/mol. The fourth-order valence-corrected chi connectivity index (χ4v) is 6.13. The van der Waals surface area contributed by atoms with Gasteiger partial charge in [-0.15, -0.1) is 0 Å². The van der Waals surface area contributed by atoms with E-state index >= 15 is 0 Å². The lowest BCUT2D eigenvalue weighted by atomic mass is 9.76. The fraction of sp³-hybridized carbons (Fsp3) is 0.333. The van der Waals surface area contributed by atoms with Gasteiger partial charge in [-0.3, -0.25) is 0 Å². The van der Waals surface area contributed by atoms with E-state index in [1.165, 1.54) is 59.7 Å². The van der Waals surface area contributed by atoms with E-state index in [1.807, 2.05) is 0 Å². The lowest BCUT2D eigenvalue weighted by Gasteiger charge is -2.46. The van der Waals surface area contributed by atoms with Crippen LogP contribution < -0.4 is 4.90 Å². The molecule has 146 valence electrons. The molecule has 4 aromatic rings. The second kappa shape index (κ2) is 6.13. The molecule has 1 unspecified atom stereocenters. The molecular weight excluding hydrogens is 354 g/mol. The van der Waals surface area contributed by atoms with Crippen molar-refractivity contribution in [3.8, 4) is 0 Å². The summed E-state index contributed by atoms with van der Waals surface area (Å²) in [6.45, 7) is 4.63. The first-order valence-corrected chi connectivity index (χ1v) is 11.0. The van der Waals surface area contributed by atoms with Gasteiger partial charge in [-0.1, -0.05) is 61.7 Å². The van der Waals surface area contributed by atoms with Gasteiger partial charge in [-0.05, 0) is 61.6 Å². The molecule has 0 saturated heterocycles. The molecule has 1 spiro atoms. The summed E-state index contributed by atoms with van der Waals surface area (Å²) in [7, 11) is 0. The lowest BCUT2D eigenvalue weighted by Crippen LogP contribution is -2.44. The minimum absolute atomic E-state index is 0.131. The maximum atomic E-state index is 6.16. The van der Waals surface area contributed by atoms with Crippen LogP contribution in [0.15, 0.2) is 65.1 Å². The van der Waals surface area contributed by atoms with Crippen molar-refractivity contribution in [1.29, 1.82) is 0 Å². The molecule has 2 nitrogen and oxygen atoms in total. The van der Waals surface area contributed by atoms with Gasteiger partial charge in [0.15, 0.2) is 0 Å². The van der Waals surface area contributed by atoms with Gasteiger partial charge in [0.1, 0.15) is 11.2 Å². The van der Waals surface area contributed by atoms with Gasteiger partial charge in [-0.2, -0.15) is 0 Å². The van der Waals surface area contributed by atoms with Gasteiger partial charge >= 0.3 is 0 Å². The molecule has 2 heterocycles. The number of fused-ring (bicyclic) bond motifs is 5.